The standard InChI is InChI=1S/C16H23BrN2O2/c1-3-7-18-15-10-21-9-14(15)16(20)19-11(2)12-5-4-6-13(17)8-12/h4-6,8,11,14-15,18H,3,7,9-10H2,1-2H3,(H,19,20). The maximum absolute atomic E-state index is 12.4. The molecule has 1 aromatic rings. The molecule has 1 amide bonds. The summed E-state index contributed by atoms with van der Waals surface area (Å²) in [4.78, 5) is 12.4. The molecule has 21 heavy (non-hydrogen) atoms. The van der Waals surface area contributed by atoms with Gasteiger partial charge >= 0.3 is 0 Å². The molecule has 1 saturated heterocycles. The van der Waals surface area contributed by atoms with E-state index >= 15 is 0 Å². The highest BCUT2D eigenvalue weighted by atomic mass is 79.9. The number of carbonyl (C=O) groups excluding carboxylic acids is 1. The molecule has 0 bridgehead atoms. The molecule has 2 N–H and O–H groups in total. The molecule has 0 spiro atoms. The minimum Gasteiger partial charge on any atom is -0.379 e. The summed E-state index contributed by atoms with van der Waals surface area (Å²) >= 11 is 3.46. The van der Waals surface area contributed by atoms with Crippen molar-refractivity contribution in [1.82, 2.24) is 10.6 Å². The van der Waals surface area contributed by atoms with E-state index in [-0.39, 0.29) is 23.9 Å². The van der Waals surface area contributed by atoms with Gasteiger partial charge < -0.3 is 15.4 Å². The summed E-state index contributed by atoms with van der Waals surface area (Å²) in [5.41, 5.74) is 1.09. The summed E-state index contributed by atoms with van der Waals surface area (Å²) in [6.07, 6.45) is 1.05. The van der Waals surface area contributed by atoms with Crippen LogP contribution in [0.2, 0.25) is 0 Å². The van der Waals surface area contributed by atoms with E-state index < -0.39 is 0 Å². The van der Waals surface area contributed by atoms with Crippen LogP contribution in [0.5, 0.6) is 0 Å². The fourth-order valence-electron chi connectivity index (χ4n) is 2.52. The Bertz CT molecular complexity index is 481. The van der Waals surface area contributed by atoms with Crippen molar-refractivity contribution >= 4 is 21.8 Å². The maximum atomic E-state index is 12.4. The Morgan fingerprint density at radius 3 is 3.00 bits per heavy atom. The normalized spacial score (nSPS) is 23.0. The first-order valence-electron chi connectivity index (χ1n) is 7.48. The Morgan fingerprint density at radius 1 is 1.48 bits per heavy atom. The number of hydrogen-bond donors (Lipinski definition) is 2. The second kappa shape index (κ2) is 7.92. The van der Waals surface area contributed by atoms with Gasteiger partial charge in [0.25, 0.3) is 0 Å². The lowest BCUT2D eigenvalue weighted by atomic mass is 10.0. The first-order valence-corrected chi connectivity index (χ1v) is 8.28. The number of rotatable bonds is 6. The molecule has 2 rings (SSSR count). The summed E-state index contributed by atoms with van der Waals surface area (Å²) in [7, 11) is 0. The second-order valence-corrected chi connectivity index (χ2v) is 6.41. The van der Waals surface area contributed by atoms with E-state index in [1.54, 1.807) is 0 Å². The lowest BCUT2D eigenvalue weighted by Crippen LogP contribution is -2.44. The molecule has 116 valence electrons. The number of carbonyl (C=O) groups is 1. The monoisotopic (exact) mass is 354 g/mol. The van der Waals surface area contributed by atoms with Crippen molar-refractivity contribution in [3.05, 3.63) is 34.3 Å². The third kappa shape index (κ3) is 4.53. The number of amides is 1. The van der Waals surface area contributed by atoms with Gasteiger partial charge in [-0.05, 0) is 37.6 Å². The molecular weight excluding hydrogens is 332 g/mol. The molecule has 0 saturated carbocycles. The molecule has 1 fully saturated rings. The van der Waals surface area contributed by atoms with Gasteiger partial charge in [-0.1, -0.05) is 35.0 Å². The van der Waals surface area contributed by atoms with Gasteiger partial charge in [-0.3, -0.25) is 4.79 Å². The number of halogens is 1. The van der Waals surface area contributed by atoms with E-state index in [0.29, 0.717) is 13.2 Å². The van der Waals surface area contributed by atoms with Gasteiger partial charge in [0, 0.05) is 10.5 Å². The van der Waals surface area contributed by atoms with Gasteiger partial charge in [0.1, 0.15) is 0 Å². The number of ether oxygens (including phenoxy) is 1. The number of hydrogen-bond acceptors (Lipinski definition) is 3. The van der Waals surface area contributed by atoms with E-state index in [4.69, 9.17) is 4.74 Å². The van der Waals surface area contributed by atoms with Crippen LogP contribution in [-0.4, -0.2) is 31.7 Å². The molecular formula is C16H23BrN2O2. The average Bonchev–Trinajstić information content (AvgIpc) is 2.93. The highest BCUT2D eigenvalue weighted by Gasteiger charge is 2.34. The summed E-state index contributed by atoms with van der Waals surface area (Å²) in [6, 6.07) is 8.12. The lowest BCUT2D eigenvalue weighted by molar-refractivity contribution is -0.126. The molecule has 3 unspecified atom stereocenters. The van der Waals surface area contributed by atoms with Gasteiger partial charge in [-0.15, -0.1) is 0 Å². The quantitative estimate of drug-likeness (QED) is 0.825. The highest BCUT2D eigenvalue weighted by Crippen LogP contribution is 2.20. The Hall–Kier alpha value is -0.910. The van der Waals surface area contributed by atoms with Crippen molar-refractivity contribution in [2.45, 2.75) is 32.4 Å². The third-order valence-corrected chi connectivity index (χ3v) is 4.27. The SMILES string of the molecule is CCCNC1COCC1C(=O)NC(C)c1cccc(Br)c1. The van der Waals surface area contributed by atoms with Crippen LogP contribution < -0.4 is 10.6 Å². The minimum atomic E-state index is -0.105. The molecule has 1 aliphatic rings. The summed E-state index contributed by atoms with van der Waals surface area (Å²) < 4.78 is 6.48. The molecule has 1 heterocycles. The average molecular weight is 355 g/mol. The number of nitrogens with one attached hydrogen (secondary N) is 2. The van der Waals surface area contributed by atoms with E-state index in [1.807, 2.05) is 31.2 Å². The smallest absolute Gasteiger partial charge is 0.227 e. The van der Waals surface area contributed by atoms with E-state index in [0.717, 1.165) is 23.0 Å². The molecule has 0 aromatic heterocycles. The number of benzene rings is 1. The molecule has 1 aliphatic heterocycles. The van der Waals surface area contributed by atoms with E-state index in [1.165, 1.54) is 0 Å². The third-order valence-electron chi connectivity index (χ3n) is 3.78. The zero-order valence-corrected chi connectivity index (χ0v) is 14.2. The van der Waals surface area contributed by atoms with Crippen LogP contribution in [0.3, 0.4) is 0 Å². The van der Waals surface area contributed by atoms with Crippen molar-refractivity contribution in [3.63, 3.8) is 0 Å². The molecule has 4 nitrogen and oxygen atoms in total. The molecule has 3 atom stereocenters. The predicted molar refractivity (Wildman–Crippen MR) is 87.1 cm³/mol. The first-order chi connectivity index (χ1) is 10.1. The fourth-order valence-corrected chi connectivity index (χ4v) is 2.94. The Balaban J connectivity index is 1.94. The van der Waals surface area contributed by atoms with Crippen molar-refractivity contribution < 1.29 is 9.53 Å². The van der Waals surface area contributed by atoms with Crippen molar-refractivity contribution in [1.29, 1.82) is 0 Å². The van der Waals surface area contributed by atoms with Crippen molar-refractivity contribution in [2.75, 3.05) is 19.8 Å². The Morgan fingerprint density at radius 2 is 2.29 bits per heavy atom. The van der Waals surface area contributed by atoms with E-state index in [2.05, 4.69) is 33.5 Å². The van der Waals surface area contributed by atoms with Gasteiger partial charge in [0.15, 0.2) is 0 Å². The lowest BCUT2D eigenvalue weighted by Gasteiger charge is -2.21. The topological polar surface area (TPSA) is 50.4 Å². The van der Waals surface area contributed by atoms with Gasteiger partial charge in [0.05, 0.1) is 25.2 Å². The zero-order chi connectivity index (χ0) is 15.2. The highest BCUT2D eigenvalue weighted by molar-refractivity contribution is 9.10. The van der Waals surface area contributed by atoms with Crippen molar-refractivity contribution in [3.8, 4) is 0 Å². The largest absolute Gasteiger partial charge is 0.379 e. The summed E-state index contributed by atoms with van der Waals surface area (Å²) in [5.74, 6) is -0.0419. The molecule has 0 radical (unpaired) electrons. The van der Waals surface area contributed by atoms with Gasteiger partial charge in [0.2, 0.25) is 5.91 Å². The first kappa shape index (κ1) is 16.5. The Kier molecular flexibility index (Phi) is 6.21. The fraction of sp³-hybridized carbons (Fsp3) is 0.562. The molecule has 5 heteroatoms. The van der Waals surface area contributed by atoms with Crippen LogP contribution >= 0.6 is 15.9 Å². The van der Waals surface area contributed by atoms with Crippen LogP contribution in [0.4, 0.5) is 0 Å². The minimum absolute atomic E-state index is 0.0116. The van der Waals surface area contributed by atoms with E-state index in [9.17, 15) is 4.79 Å². The summed E-state index contributed by atoms with van der Waals surface area (Å²) in [6.45, 7) is 6.15. The Labute approximate surface area is 134 Å². The zero-order valence-electron chi connectivity index (χ0n) is 12.6. The van der Waals surface area contributed by atoms with Crippen LogP contribution in [0, 0.1) is 5.92 Å². The second-order valence-electron chi connectivity index (χ2n) is 5.49. The van der Waals surface area contributed by atoms with Crippen molar-refractivity contribution in [2.24, 2.45) is 5.92 Å². The van der Waals surface area contributed by atoms with Crippen LogP contribution in [0.15, 0.2) is 28.7 Å². The van der Waals surface area contributed by atoms with Crippen LogP contribution in [0.25, 0.3) is 0 Å². The van der Waals surface area contributed by atoms with Crippen LogP contribution in [0.1, 0.15) is 31.9 Å². The maximum Gasteiger partial charge on any atom is 0.227 e. The summed E-state index contributed by atoms with van der Waals surface area (Å²) in [5, 5.41) is 6.48. The van der Waals surface area contributed by atoms with Crippen LogP contribution in [-0.2, 0) is 9.53 Å². The molecule has 1 aromatic carbocycles. The van der Waals surface area contributed by atoms with Gasteiger partial charge in [-0.25, -0.2) is 0 Å². The predicted octanol–water partition coefficient (Wildman–Crippen LogP) is 2.64. The molecule has 0 aliphatic carbocycles. The van der Waals surface area contributed by atoms with Gasteiger partial charge in [-0.2, -0.15) is 0 Å².